The minimum absolute atomic E-state index is 0.173. The summed E-state index contributed by atoms with van der Waals surface area (Å²) in [6.45, 7) is 2.24. The van der Waals surface area contributed by atoms with E-state index in [9.17, 15) is 4.79 Å². The average Bonchev–Trinajstić information content (AvgIpc) is 2.40. The van der Waals surface area contributed by atoms with Crippen molar-refractivity contribution in [3.8, 4) is 0 Å². The molecule has 19 heavy (non-hydrogen) atoms. The molecule has 0 aromatic heterocycles. The van der Waals surface area contributed by atoms with Crippen molar-refractivity contribution in [1.82, 2.24) is 5.32 Å². The molecular weight excluding hydrogens is 236 g/mol. The standard InChI is InChI=1S/C16H32N2O/c1-2-3-4-5-6-7-8-13-16(19)18-15-12-10-9-11-14(15)17/h14-15H,2-13,17H2,1H3,(H,18,19)/t14-,15-/m1/s1. The van der Waals surface area contributed by atoms with Crippen LogP contribution in [0.15, 0.2) is 0 Å². The van der Waals surface area contributed by atoms with Crippen molar-refractivity contribution in [2.45, 2.75) is 96.1 Å². The zero-order valence-electron chi connectivity index (χ0n) is 12.6. The van der Waals surface area contributed by atoms with Gasteiger partial charge in [0, 0.05) is 18.5 Å². The number of nitrogens with one attached hydrogen (secondary N) is 1. The molecular formula is C16H32N2O. The smallest absolute Gasteiger partial charge is 0.220 e. The second-order valence-electron chi connectivity index (χ2n) is 5.99. The number of unbranched alkanes of at least 4 members (excludes halogenated alkanes) is 6. The van der Waals surface area contributed by atoms with Crippen LogP contribution in [0.2, 0.25) is 0 Å². The van der Waals surface area contributed by atoms with Crippen LogP contribution < -0.4 is 11.1 Å². The molecule has 3 N–H and O–H groups in total. The lowest BCUT2D eigenvalue weighted by Crippen LogP contribution is -2.49. The minimum Gasteiger partial charge on any atom is -0.352 e. The van der Waals surface area contributed by atoms with E-state index in [4.69, 9.17) is 5.73 Å². The summed E-state index contributed by atoms with van der Waals surface area (Å²) in [5, 5.41) is 3.12. The first-order chi connectivity index (χ1) is 9.24. The average molecular weight is 268 g/mol. The summed E-state index contributed by atoms with van der Waals surface area (Å²) in [5.74, 6) is 0.205. The molecule has 0 radical (unpaired) electrons. The summed E-state index contributed by atoms with van der Waals surface area (Å²) in [6, 6.07) is 0.401. The van der Waals surface area contributed by atoms with E-state index in [0.29, 0.717) is 6.42 Å². The fourth-order valence-corrected chi connectivity index (χ4v) is 2.86. The van der Waals surface area contributed by atoms with E-state index in [1.165, 1.54) is 51.4 Å². The van der Waals surface area contributed by atoms with Gasteiger partial charge in [0.15, 0.2) is 0 Å². The van der Waals surface area contributed by atoms with E-state index in [-0.39, 0.29) is 18.0 Å². The molecule has 1 aliphatic rings. The predicted octanol–water partition coefficient (Wildman–Crippen LogP) is 3.51. The molecule has 2 atom stereocenters. The SMILES string of the molecule is CCCCCCCCCC(=O)N[C@@H]1CCCC[C@H]1N. The molecule has 0 aromatic rings. The van der Waals surface area contributed by atoms with E-state index in [2.05, 4.69) is 12.2 Å². The summed E-state index contributed by atoms with van der Waals surface area (Å²) < 4.78 is 0. The second kappa shape index (κ2) is 10.2. The molecule has 1 fully saturated rings. The number of hydrogen-bond donors (Lipinski definition) is 2. The fourth-order valence-electron chi connectivity index (χ4n) is 2.86. The zero-order chi connectivity index (χ0) is 13.9. The van der Waals surface area contributed by atoms with Crippen molar-refractivity contribution in [2.75, 3.05) is 0 Å². The van der Waals surface area contributed by atoms with Crippen LogP contribution in [0.1, 0.15) is 84.0 Å². The first kappa shape index (κ1) is 16.5. The summed E-state index contributed by atoms with van der Waals surface area (Å²) >= 11 is 0. The fraction of sp³-hybridized carbons (Fsp3) is 0.938. The molecule has 3 heteroatoms. The number of amides is 1. The minimum atomic E-state index is 0.173. The van der Waals surface area contributed by atoms with Gasteiger partial charge in [-0.05, 0) is 19.3 Å². The van der Waals surface area contributed by atoms with Crippen LogP contribution in [-0.4, -0.2) is 18.0 Å². The van der Waals surface area contributed by atoms with Crippen LogP contribution in [0.4, 0.5) is 0 Å². The monoisotopic (exact) mass is 268 g/mol. The number of nitrogens with two attached hydrogens (primary N) is 1. The Morgan fingerprint density at radius 3 is 2.37 bits per heavy atom. The highest BCUT2D eigenvalue weighted by molar-refractivity contribution is 5.76. The van der Waals surface area contributed by atoms with Crippen LogP contribution in [0, 0.1) is 0 Å². The van der Waals surface area contributed by atoms with Gasteiger partial charge < -0.3 is 11.1 Å². The summed E-state index contributed by atoms with van der Waals surface area (Å²) in [6.07, 6.45) is 14.0. The predicted molar refractivity (Wildman–Crippen MR) is 81.0 cm³/mol. The molecule has 1 amide bonds. The van der Waals surface area contributed by atoms with E-state index < -0.39 is 0 Å². The quantitative estimate of drug-likeness (QED) is 0.629. The molecule has 0 heterocycles. The molecule has 0 spiro atoms. The molecule has 0 bridgehead atoms. The van der Waals surface area contributed by atoms with E-state index in [1.54, 1.807) is 0 Å². The lowest BCUT2D eigenvalue weighted by atomic mass is 9.91. The van der Waals surface area contributed by atoms with Crippen molar-refractivity contribution in [1.29, 1.82) is 0 Å². The van der Waals surface area contributed by atoms with E-state index in [0.717, 1.165) is 19.3 Å². The summed E-state index contributed by atoms with van der Waals surface area (Å²) in [7, 11) is 0. The van der Waals surface area contributed by atoms with Gasteiger partial charge >= 0.3 is 0 Å². The molecule has 112 valence electrons. The Morgan fingerprint density at radius 1 is 1.05 bits per heavy atom. The van der Waals surface area contributed by atoms with Gasteiger partial charge in [-0.3, -0.25) is 4.79 Å². The zero-order valence-corrected chi connectivity index (χ0v) is 12.6. The Morgan fingerprint density at radius 2 is 1.68 bits per heavy atom. The maximum Gasteiger partial charge on any atom is 0.220 e. The third kappa shape index (κ3) is 7.56. The maximum absolute atomic E-state index is 11.8. The van der Waals surface area contributed by atoms with Gasteiger partial charge in [-0.15, -0.1) is 0 Å². The van der Waals surface area contributed by atoms with Gasteiger partial charge in [0.1, 0.15) is 0 Å². The summed E-state index contributed by atoms with van der Waals surface area (Å²) in [5.41, 5.74) is 6.04. The van der Waals surface area contributed by atoms with Gasteiger partial charge in [0.2, 0.25) is 5.91 Å². The van der Waals surface area contributed by atoms with Gasteiger partial charge in [-0.25, -0.2) is 0 Å². The Labute approximate surface area is 118 Å². The van der Waals surface area contributed by atoms with E-state index in [1.807, 2.05) is 0 Å². The number of carbonyl (C=O) groups excluding carboxylic acids is 1. The molecule has 1 rings (SSSR count). The first-order valence-electron chi connectivity index (χ1n) is 8.29. The molecule has 0 saturated heterocycles. The van der Waals surface area contributed by atoms with Crippen LogP contribution in [-0.2, 0) is 4.79 Å². The van der Waals surface area contributed by atoms with Crippen molar-refractivity contribution >= 4 is 5.91 Å². The molecule has 0 aromatic carbocycles. The Balaban J connectivity index is 1.98. The maximum atomic E-state index is 11.8. The van der Waals surface area contributed by atoms with Crippen molar-refractivity contribution in [3.05, 3.63) is 0 Å². The van der Waals surface area contributed by atoms with Crippen molar-refractivity contribution < 1.29 is 4.79 Å². The van der Waals surface area contributed by atoms with E-state index >= 15 is 0 Å². The first-order valence-corrected chi connectivity index (χ1v) is 8.29. The number of hydrogen-bond acceptors (Lipinski definition) is 2. The Bertz CT molecular complexity index is 243. The Kier molecular flexibility index (Phi) is 8.89. The van der Waals surface area contributed by atoms with Crippen molar-refractivity contribution in [2.24, 2.45) is 5.73 Å². The molecule has 1 aliphatic carbocycles. The van der Waals surface area contributed by atoms with Crippen LogP contribution in [0.3, 0.4) is 0 Å². The normalized spacial score (nSPS) is 23.3. The lowest BCUT2D eigenvalue weighted by molar-refractivity contribution is -0.122. The number of carbonyl (C=O) groups is 1. The summed E-state index contributed by atoms with van der Waals surface area (Å²) in [4.78, 5) is 11.8. The molecule has 0 aliphatic heterocycles. The van der Waals surface area contributed by atoms with Crippen molar-refractivity contribution in [3.63, 3.8) is 0 Å². The highest BCUT2D eigenvalue weighted by Gasteiger charge is 2.22. The number of rotatable bonds is 9. The van der Waals surface area contributed by atoms with Crippen LogP contribution in [0.5, 0.6) is 0 Å². The molecule has 3 nitrogen and oxygen atoms in total. The molecule has 0 unspecified atom stereocenters. The van der Waals surface area contributed by atoms with Crippen LogP contribution >= 0.6 is 0 Å². The van der Waals surface area contributed by atoms with Gasteiger partial charge in [0.05, 0.1) is 0 Å². The third-order valence-electron chi connectivity index (χ3n) is 4.17. The largest absolute Gasteiger partial charge is 0.352 e. The van der Waals surface area contributed by atoms with Gasteiger partial charge in [-0.2, -0.15) is 0 Å². The highest BCUT2D eigenvalue weighted by atomic mass is 16.1. The van der Waals surface area contributed by atoms with Crippen LogP contribution in [0.25, 0.3) is 0 Å². The third-order valence-corrected chi connectivity index (χ3v) is 4.17. The lowest BCUT2D eigenvalue weighted by Gasteiger charge is -2.29. The topological polar surface area (TPSA) is 55.1 Å². The molecule has 1 saturated carbocycles. The van der Waals surface area contributed by atoms with Gasteiger partial charge in [0.25, 0.3) is 0 Å². The Hall–Kier alpha value is -0.570. The van der Waals surface area contributed by atoms with Gasteiger partial charge in [-0.1, -0.05) is 58.3 Å². The second-order valence-corrected chi connectivity index (χ2v) is 5.99. The highest BCUT2D eigenvalue weighted by Crippen LogP contribution is 2.17.